The minimum Gasteiger partial charge on any atom is -0.398 e. The number of nitrogens with one attached hydrogen (secondary N) is 1. The Kier molecular flexibility index (Phi) is 3.33. The first kappa shape index (κ1) is 11.5. The van der Waals surface area contributed by atoms with Gasteiger partial charge < -0.3 is 11.1 Å². The van der Waals surface area contributed by atoms with Gasteiger partial charge >= 0.3 is 0 Å². The highest BCUT2D eigenvalue weighted by Gasteiger charge is 1.98. The Bertz CT molecular complexity index is 501. The lowest BCUT2D eigenvalue weighted by Gasteiger charge is -2.09. The number of nitrogens with two attached hydrogens (primary N) is 1. The zero-order chi connectivity index (χ0) is 12.3. The van der Waals surface area contributed by atoms with Crippen molar-refractivity contribution in [2.45, 2.75) is 20.3 Å². The number of hydrogen-bond acceptors (Lipinski definition) is 2. The van der Waals surface area contributed by atoms with Gasteiger partial charge in [0.15, 0.2) is 0 Å². The molecule has 17 heavy (non-hydrogen) atoms. The predicted molar refractivity (Wildman–Crippen MR) is 74.7 cm³/mol. The molecule has 0 aliphatic heterocycles. The fraction of sp³-hybridized carbons (Fsp3) is 0.200. The Balaban J connectivity index is 2.16. The van der Waals surface area contributed by atoms with E-state index in [9.17, 15) is 0 Å². The van der Waals surface area contributed by atoms with E-state index >= 15 is 0 Å². The van der Waals surface area contributed by atoms with E-state index in [4.69, 9.17) is 5.73 Å². The largest absolute Gasteiger partial charge is 0.398 e. The maximum Gasteiger partial charge on any atom is 0.0405 e. The van der Waals surface area contributed by atoms with Gasteiger partial charge in [-0.3, -0.25) is 0 Å². The standard InChI is InChI=1S/C15H18N2/c1-3-12-5-8-13(9-6-12)17-14-7-4-11(2)15(16)10-14/h4-10,17H,3,16H2,1-2H3. The summed E-state index contributed by atoms with van der Waals surface area (Å²) in [7, 11) is 0. The number of rotatable bonds is 3. The van der Waals surface area contributed by atoms with Gasteiger partial charge in [0.05, 0.1) is 0 Å². The molecule has 0 atom stereocenters. The van der Waals surface area contributed by atoms with E-state index in [1.807, 2.05) is 25.1 Å². The van der Waals surface area contributed by atoms with Gasteiger partial charge in [-0.1, -0.05) is 25.1 Å². The number of anilines is 3. The smallest absolute Gasteiger partial charge is 0.0405 e. The monoisotopic (exact) mass is 226 g/mol. The van der Waals surface area contributed by atoms with Crippen LogP contribution >= 0.6 is 0 Å². The van der Waals surface area contributed by atoms with Crippen LogP contribution in [0, 0.1) is 6.92 Å². The first-order chi connectivity index (χ1) is 8.19. The Morgan fingerprint density at radius 1 is 1.00 bits per heavy atom. The van der Waals surface area contributed by atoms with Crippen molar-refractivity contribution in [3.63, 3.8) is 0 Å². The van der Waals surface area contributed by atoms with Crippen LogP contribution in [0.15, 0.2) is 42.5 Å². The first-order valence-corrected chi connectivity index (χ1v) is 5.91. The van der Waals surface area contributed by atoms with Gasteiger partial charge in [0.25, 0.3) is 0 Å². The van der Waals surface area contributed by atoms with Crippen molar-refractivity contribution in [2.24, 2.45) is 0 Å². The van der Waals surface area contributed by atoms with Crippen molar-refractivity contribution in [1.82, 2.24) is 0 Å². The average molecular weight is 226 g/mol. The van der Waals surface area contributed by atoms with Gasteiger partial charge in [-0.05, 0) is 48.7 Å². The zero-order valence-electron chi connectivity index (χ0n) is 10.3. The molecule has 88 valence electrons. The molecule has 2 heteroatoms. The molecule has 2 rings (SSSR count). The molecule has 0 bridgehead atoms. The molecule has 0 unspecified atom stereocenters. The van der Waals surface area contributed by atoms with Crippen LogP contribution in [0.5, 0.6) is 0 Å². The summed E-state index contributed by atoms with van der Waals surface area (Å²) in [4.78, 5) is 0. The maximum absolute atomic E-state index is 5.88. The molecule has 0 radical (unpaired) electrons. The number of nitrogen functional groups attached to an aromatic ring is 1. The highest BCUT2D eigenvalue weighted by Crippen LogP contribution is 2.21. The van der Waals surface area contributed by atoms with Crippen molar-refractivity contribution < 1.29 is 0 Å². The highest BCUT2D eigenvalue weighted by atomic mass is 14.9. The van der Waals surface area contributed by atoms with Gasteiger partial charge in [-0.15, -0.1) is 0 Å². The van der Waals surface area contributed by atoms with E-state index in [1.54, 1.807) is 0 Å². The second-order valence-electron chi connectivity index (χ2n) is 4.25. The maximum atomic E-state index is 5.88. The van der Waals surface area contributed by atoms with E-state index in [0.29, 0.717) is 0 Å². The molecule has 0 spiro atoms. The zero-order valence-corrected chi connectivity index (χ0v) is 10.3. The van der Waals surface area contributed by atoms with Crippen molar-refractivity contribution in [1.29, 1.82) is 0 Å². The lowest BCUT2D eigenvalue weighted by molar-refractivity contribution is 1.14. The van der Waals surface area contributed by atoms with Gasteiger partial charge in [0.1, 0.15) is 0 Å². The quantitative estimate of drug-likeness (QED) is 0.779. The summed E-state index contributed by atoms with van der Waals surface area (Å²) >= 11 is 0. The first-order valence-electron chi connectivity index (χ1n) is 5.91. The topological polar surface area (TPSA) is 38.0 Å². The van der Waals surface area contributed by atoms with Crippen LogP contribution in [0.25, 0.3) is 0 Å². The normalized spacial score (nSPS) is 10.2. The molecule has 0 aromatic heterocycles. The molecule has 0 heterocycles. The average Bonchev–Trinajstić information content (AvgIpc) is 2.35. The Morgan fingerprint density at radius 3 is 2.24 bits per heavy atom. The van der Waals surface area contributed by atoms with Crippen LogP contribution in [-0.2, 0) is 6.42 Å². The number of hydrogen-bond donors (Lipinski definition) is 2. The lowest BCUT2D eigenvalue weighted by Crippen LogP contribution is -1.94. The van der Waals surface area contributed by atoms with E-state index < -0.39 is 0 Å². The summed E-state index contributed by atoms with van der Waals surface area (Å²) in [6.45, 7) is 4.16. The molecular weight excluding hydrogens is 208 g/mol. The van der Waals surface area contributed by atoms with E-state index in [-0.39, 0.29) is 0 Å². The van der Waals surface area contributed by atoms with Crippen molar-refractivity contribution in [3.8, 4) is 0 Å². The minimum atomic E-state index is 0.820. The SMILES string of the molecule is CCc1ccc(Nc2ccc(C)c(N)c2)cc1. The Labute approximate surface area is 102 Å². The van der Waals surface area contributed by atoms with E-state index in [2.05, 4.69) is 36.5 Å². The molecule has 0 saturated carbocycles. The fourth-order valence-electron chi connectivity index (χ4n) is 1.71. The molecule has 3 N–H and O–H groups in total. The second kappa shape index (κ2) is 4.91. The van der Waals surface area contributed by atoms with Gasteiger partial charge in [0, 0.05) is 17.1 Å². The molecule has 0 amide bonds. The third-order valence-corrected chi connectivity index (χ3v) is 2.93. The molecule has 0 saturated heterocycles. The third kappa shape index (κ3) is 2.78. The van der Waals surface area contributed by atoms with Crippen LogP contribution in [0.1, 0.15) is 18.1 Å². The minimum absolute atomic E-state index is 0.820. The second-order valence-corrected chi connectivity index (χ2v) is 4.25. The van der Waals surface area contributed by atoms with E-state index in [1.165, 1.54) is 5.56 Å². The summed E-state index contributed by atoms with van der Waals surface area (Å²) in [5.41, 5.74) is 11.3. The molecule has 0 aliphatic carbocycles. The number of benzene rings is 2. The highest BCUT2D eigenvalue weighted by molar-refractivity contribution is 5.65. The molecule has 2 aromatic rings. The molecule has 2 nitrogen and oxygen atoms in total. The summed E-state index contributed by atoms with van der Waals surface area (Å²) in [5.74, 6) is 0. The summed E-state index contributed by atoms with van der Waals surface area (Å²) < 4.78 is 0. The van der Waals surface area contributed by atoms with Crippen LogP contribution in [0.3, 0.4) is 0 Å². The fourth-order valence-corrected chi connectivity index (χ4v) is 1.71. The summed E-state index contributed by atoms with van der Waals surface area (Å²) in [6, 6.07) is 14.5. The van der Waals surface area contributed by atoms with Crippen molar-refractivity contribution in [3.05, 3.63) is 53.6 Å². The Morgan fingerprint density at radius 2 is 1.65 bits per heavy atom. The van der Waals surface area contributed by atoms with Gasteiger partial charge in [-0.2, -0.15) is 0 Å². The molecule has 0 fully saturated rings. The van der Waals surface area contributed by atoms with Crippen LogP contribution in [0.4, 0.5) is 17.1 Å². The van der Waals surface area contributed by atoms with Gasteiger partial charge in [-0.25, -0.2) is 0 Å². The summed E-state index contributed by atoms with van der Waals surface area (Å²) in [5, 5.41) is 3.34. The van der Waals surface area contributed by atoms with Crippen LogP contribution in [0.2, 0.25) is 0 Å². The van der Waals surface area contributed by atoms with Crippen LogP contribution < -0.4 is 11.1 Å². The predicted octanol–water partition coefficient (Wildman–Crippen LogP) is 3.88. The van der Waals surface area contributed by atoms with Crippen molar-refractivity contribution >= 4 is 17.1 Å². The number of aryl methyl sites for hydroxylation is 2. The lowest BCUT2D eigenvalue weighted by atomic mass is 10.1. The van der Waals surface area contributed by atoms with Crippen LogP contribution in [-0.4, -0.2) is 0 Å². The molecule has 2 aromatic carbocycles. The third-order valence-electron chi connectivity index (χ3n) is 2.93. The molecular formula is C15H18N2. The van der Waals surface area contributed by atoms with Crippen molar-refractivity contribution in [2.75, 3.05) is 11.1 Å². The van der Waals surface area contributed by atoms with E-state index in [0.717, 1.165) is 29.0 Å². The Hall–Kier alpha value is -1.96. The summed E-state index contributed by atoms with van der Waals surface area (Å²) in [6.07, 6.45) is 1.07. The molecule has 0 aliphatic rings. The van der Waals surface area contributed by atoms with Gasteiger partial charge in [0.2, 0.25) is 0 Å².